The average Bonchev–Trinajstić information content (AvgIpc) is 3.22. The molecule has 0 radical (unpaired) electrons. The number of furan rings is 1. The van der Waals surface area contributed by atoms with Gasteiger partial charge in [0.25, 0.3) is 17.3 Å². The molecule has 0 aliphatic carbocycles. The van der Waals surface area contributed by atoms with E-state index in [4.69, 9.17) is 4.42 Å². The highest BCUT2D eigenvalue weighted by Gasteiger charge is 2.28. The molecule has 35 heavy (non-hydrogen) atoms. The van der Waals surface area contributed by atoms with Crippen molar-refractivity contribution in [3.63, 3.8) is 0 Å². The van der Waals surface area contributed by atoms with E-state index < -0.39 is 27.1 Å². The van der Waals surface area contributed by atoms with Crippen LogP contribution in [0.4, 0.5) is 17.3 Å². The Morgan fingerprint density at radius 1 is 0.943 bits per heavy atom. The Bertz CT molecular complexity index is 1500. The van der Waals surface area contributed by atoms with Crippen LogP contribution >= 0.6 is 0 Å². The standard InChI is InChI=1S/C25H16N4O6/c1-15-19(12-18(28(31)32)13-21(15)29(33)34)24(30)27-25-20(14-26)22(16-8-4-2-5-9-16)23(35-25)17-10-6-3-7-11-17/h2-13H,1H3,(H,27,30). The smallest absolute Gasteiger partial charge is 0.279 e. The average molecular weight is 468 g/mol. The van der Waals surface area contributed by atoms with Gasteiger partial charge in [-0.3, -0.25) is 30.3 Å². The molecule has 0 fully saturated rings. The molecule has 4 aromatic rings. The van der Waals surface area contributed by atoms with Crippen LogP contribution in [0.1, 0.15) is 21.5 Å². The summed E-state index contributed by atoms with van der Waals surface area (Å²) >= 11 is 0. The Kier molecular flexibility index (Phi) is 6.07. The molecule has 4 rings (SSSR count). The van der Waals surface area contributed by atoms with Gasteiger partial charge >= 0.3 is 0 Å². The van der Waals surface area contributed by atoms with Gasteiger partial charge in [0.05, 0.1) is 21.5 Å². The highest BCUT2D eigenvalue weighted by atomic mass is 16.6. The number of rotatable bonds is 6. The van der Waals surface area contributed by atoms with Crippen LogP contribution in [-0.2, 0) is 0 Å². The van der Waals surface area contributed by atoms with E-state index in [1.54, 1.807) is 48.5 Å². The van der Waals surface area contributed by atoms with Gasteiger partial charge in [-0.05, 0) is 12.5 Å². The number of non-ortho nitro benzene ring substituents is 1. The Morgan fingerprint density at radius 2 is 1.54 bits per heavy atom. The normalized spacial score (nSPS) is 10.4. The summed E-state index contributed by atoms with van der Waals surface area (Å²) in [6, 6.07) is 21.8. The minimum atomic E-state index is -0.890. The molecule has 172 valence electrons. The summed E-state index contributed by atoms with van der Waals surface area (Å²) in [5, 5.41) is 35.1. The lowest BCUT2D eigenvalue weighted by molar-refractivity contribution is -0.394. The Hall–Kier alpha value is -5.30. The van der Waals surface area contributed by atoms with Crippen LogP contribution in [0.15, 0.2) is 77.2 Å². The zero-order chi connectivity index (χ0) is 25.1. The first-order chi connectivity index (χ1) is 16.8. The van der Waals surface area contributed by atoms with Crippen molar-refractivity contribution in [3.8, 4) is 28.5 Å². The number of hydrogen-bond acceptors (Lipinski definition) is 7. The molecule has 10 nitrogen and oxygen atoms in total. The summed E-state index contributed by atoms with van der Waals surface area (Å²) in [6.07, 6.45) is 0. The number of nitrogens with zero attached hydrogens (tertiary/aromatic N) is 3. The minimum absolute atomic E-state index is 0.0426. The number of carbonyl (C=O) groups is 1. The highest BCUT2D eigenvalue weighted by molar-refractivity contribution is 6.07. The van der Waals surface area contributed by atoms with Gasteiger partial charge in [0, 0.05) is 22.8 Å². The zero-order valence-corrected chi connectivity index (χ0v) is 18.2. The summed E-state index contributed by atoms with van der Waals surface area (Å²) in [4.78, 5) is 34.2. The van der Waals surface area contributed by atoms with Crippen LogP contribution in [0.5, 0.6) is 0 Å². The van der Waals surface area contributed by atoms with Crippen molar-refractivity contribution in [2.24, 2.45) is 0 Å². The number of benzene rings is 3. The Balaban J connectivity index is 1.86. The van der Waals surface area contributed by atoms with Crippen molar-refractivity contribution >= 4 is 23.2 Å². The van der Waals surface area contributed by atoms with Gasteiger partial charge in [0.15, 0.2) is 0 Å². The first-order valence-corrected chi connectivity index (χ1v) is 10.2. The monoisotopic (exact) mass is 468 g/mol. The van der Waals surface area contributed by atoms with Crippen molar-refractivity contribution < 1.29 is 19.1 Å². The molecule has 3 aromatic carbocycles. The number of anilines is 1. The minimum Gasteiger partial charge on any atom is -0.438 e. The van der Waals surface area contributed by atoms with E-state index in [1.807, 2.05) is 12.1 Å². The van der Waals surface area contributed by atoms with E-state index in [2.05, 4.69) is 11.4 Å². The van der Waals surface area contributed by atoms with E-state index in [0.29, 0.717) is 22.5 Å². The molecule has 0 spiro atoms. The number of nitrogens with one attached hydrogen (secondary N) is 1. The van der Waals surface area contributed by atoms with Crippen LogP contribution in [0.2, 0.25) is 0 Å². The predicted molar refractivity (Wildman–Crippen MR) is 127 cm³/mol. The van der Waals surface area contributed by atoms with E-state index in [9.17, 15) is 30.3 Å². The van der Waals surface area contributed by atoms with Gasteiger partial charge in [0.2, 0.25) is 5.88 Å². The first kappa shape index (κ1) is 22.9. The van der Waals surface area contributed by atoms with Gasteiger partial charge in [-0.25, -0.2) is 0 Å². The molecule has 0 atom stereocenters. The number of carbonyl (C=O) groups excluding carboxylic acids is 1. The van der Waals surface area contributed by atoms with Gasteiger partial charge < -0.3 is 4.42 Å². The van der Waals surface area contributed by atoms with Crippen molar-refractivity contribution in [3.05, 3.63) is 110 Å². The Morgan fingerprint density at radius 3 is 2.09 bits per heavy atom. The maximum absolute atomic E-state index is 13.1. The second-order valence-corrected chi connectivity index (χ2v) is 7.46. The number of nitro groups is 2. The molecular formula is C25H16N4O6. The van der Waals surface area contributed by atoms with Crippen LogP contribution in [0.3, 0.4) is 0 Å². The second-order valence-electron chi connectivity index (χ2n) is 7.46. The SMILES string of the molecule is Cc1c(C(=O)Nc2oc(-c3ccccc3)c(-c3ccccc3)c2C#N)cc([N+](=O)[O-])cc1[N+](=O)[O-]. The molecule has 10 heteroatoms. The van der Waals surface area contributed by atoms with Crippen LogP contribution < -0.4 is 5.32 Å². The lowest BCUT2D eigenvalue weighted by Gasteiger charge is -2.07. The fraction of sp³-hybridized carbons (Fsp3) is 0.0400. The van der Waals surface area contributed by atoms with Crippen LogP contribution in [0.25, 0.3) is 22.5 Å². The van der Waals surface area contributed by atoms with Gasteiger partial charge in [-0.2, -0.15) is 5.26 Å². The fourth-order valence-electron chi connectivity index (χ4n) is 3.68. The fourth-order valence-corrected chi connectivity index (χ4v) is 3.68. The maximum atomic E-state index is 13.1. The highest BCUT2D eigenvalue weighted by Crippen LogP contribution is 2.41. The lowest BCUT2D eigenvalue weighted by atomic mass is 9.98. The van der Waals surface area contributed by atoms with Gasteiger partial charge in [-0.1, -0.05) is 60.7 Å². The summed E-state index contributed by atoms with van der Waals surface area (Å²) in [6.45, 7) is 1.31. The second kappa shape index (κ2) is 9.29. The van der Waals surface area contributed by atoms with Crippen molar-refractivity contribution in [2.75, 3.05) is 5.32 Å². The van der Waals surface area contributed by atoms with E-state index in [1.165, 1.54) is 6.92 Å². The number of nitro benzene ring substituents is 2. The summed E-state index contributed by atoms with van der Waals surface area (Å²) in [5.41, 5.74) is 0.308. The van der Waals surface area contributed by atoms with Gasteiger partial charge in [-0.15, -0.1) is 0 Å². The van der Waals surface area contributed by atoms with E-state index in [-0.39, 0.29) is 22.6 Å². The summed E-state index contributed by atoms with van der Waals surface area (Å²) in [7, 11) is 0. The number of amides is 1. The predicted octanol–water partition coefficient (Wildman–Crippen LogP) is 5.86. The summed E-state index contributed by atoms with van der Waals surface area (Å²) in [5.74, 6) is -0.729. The third kappa shape index (κ3) is 4.34. The van der Waals surface area contributed by atoms with Crippen LogP contribution in [-0.4, -0.2) is 15.8 Å². The molecule has 1 aromatic heterocycles. The van der Waals surface area contributed by atoms with Crippen LogP contribution in [0, 0.1) is 38.5 Å². The molecule has 0 unspecified atom stereocenters. The van der Waals surface area contributed by atoms with Crippen molar-refractivity contribution in [1.82, 2.24) is 0 Å². The largest absolute Gasteiger partial charge is 0.438 e. The molecular weight excluding hydrogens is 452 g/mol. The third-order valence-electron chi connectivity index (χ3n) is 5.36. The van der Waals surface area contributed by atoms with Gasteiger partial charge in [0.1, 0.15) is 17.4 Å². The third-order valence-corrected chi connectivity index (χ3v) is 5.36. The molecule has 1 heterocycles. The molecule has 0 saturated carbocycles. The molecule has 0 saturated heterocycles. The number of hydrogen-bond donors (Lipinski definition) is 1. The summed E-state index contributed by atoms with van der Waals surface area (Å²) < 4.78 is 5.94. The molecule has 1 amide bonds. The van der Waals surface area contributed by atoms with E-state index >= 15 is 0 Å². The van der Waals surface area contributed by atoms with Crippen molar-refractivity contribution in [2.45, 2.75) is 6.92 Å². The lowest BCUT2D eigenvalue weighted by Crippen LogP contribution is -2.15. The number of nitriles is 1. The Labute approximate surface area is 198 Å². The maximum Gasteiger partial charge on any atom is 0.279 e. The molecule has 0 bridgehead atoms. The van der Waals surface area contributed by atoms with E-state index in [0.717, 1.165) is 12.1 Å². The quantitative estimate of drug-likeness (QED) is 0.274. The molecule has 1 N–H and O–H groups in total. The topological polar surface area (TPSA) is 152 Å². The van der Waals surface area contributed by atoms with Crippen molar-refractivity contribution in [1.29, 1.82) is 5.26 Å². The molecule has 0 aliphatic heterocycles. The first-order valence-electron chi connectivity index (χ1n) is 10.2. The molecule has 0 aliphatic rings. The zero-order valence-electron chi connectivity index (χ0n) is 18.2.